The maximum atomic E-state index is 12.3. The maximum absolute atomic E-state index is 12.3. The Balaban J connectivity index is 1.43. The van der Waals surface area contributed by atoms with E-state index in [0.29, 0.717) is 28.9 Å². The zero-order valence-corrected chi connectivity index (χ0v) is 16.9. The van der Waals surface area contributed by atoms with E-state index in [-0.39, 0.29) is 12.5 Å². The summed E-state index contributed by atoms with van der Waals surface area (Å²) in [5.41, 5.74) is 1.12. The van der Waals surface area contributed by atoms with Crippen molar-refractivity contribution in [1.82, 2.24) is 14.8 Å². The summed E-state index contributed by atoms with van der Waals surface area (Å²) in [6.07, 6.45) is 0.978. The number of benzene rings is 1. The molecule has 0 atom stereocenters. The Morgan fingerprint density at radius 1 is 1.23 bits per heavy atom. The van der Waals surface area contributed by atoms with Gasteiger partial charge in [0.25, 0.3) is 5.91 Å². The van der Waals surface area contributed by atoms with E-state index in [0.717, 1.165) is 31.7 Å². The van der Waals surface area contributed by atoms with Gasteiger partial charge < -0.3 is 9.64 Å². The molecule has 5 nitrogen and oxygen atoms in total. The molecule has 1 saturated heterocycles. The summed E-state index contributed by atoms with van der Waals surface area (Å²) in [6, 6.07) is 4.98. The third-order valence-electron chi connectivity index (χ3n) is 4.27. The maximum Gasteiger partial charge on any atom is 0.260 e. The van der Waals surface area contributed by atoms with E-state index in [4.69, 9.17) is 27.9 Å². The lowest BCUT2D eigenvalue weighted by Gasteiger charge is -2.34. The van der Waals surface area contributed by atoms with Gasteiger partial charge in [-0.3, -0.25) is 9.69 Å². The second-order valence-electron chi connectivity index (χ2n) is 6.11. The van der Waals surface area contributed by atoms with E-state index < -0.39 is 0 Å². The normalized spacial score (nSPS) is 15.3. The van der Waals surface area contributed by atoms with Crippen LogP contribution >= 0.6 is 34.5 Å². The number of aryl methyl sites for hydroxylation is 1. The predicted octanol–water partition coefficient (Wildman–Crippen LogP) is 3.74. The molecule has 1 fully saturated rings. The van der Waals surface area contributed by atoms with Crippen LogP contribution in [0.1, 0.15) is 17.6 Å². The van der Waals surface area contributed by atoms with E-state index in [1.54, 1.807) is 29.5 Å². The number of rotatable bonds is 6. The second kappa shape index (κ2) is 9.04. The minimum absolute atomic E-state index is 0.00388. The van der Waals surface area contributed by atoms with Gasteiger partial charge in [-0.2, -0.15) is 0 Å². The summed E-state index contributed by atoms with van der Waals surface area (Å²) < 4.78 is 5.54. The van der Waals surface area contributed by atoms with E-state index >= 15 is 0 Å². The number of hydrogen-bond acceptors (Lipinski definition) is 5. The molecule has 1 aromatic carbocycles. The molecule has 2 aromatic rings. The first kappa shape index (κ1) is 19.4. The Bertz CT molecular complexity index is 761. The number of amides is 1. The summed E-state index contributed by atoms with van der Waals surface area (Å²) in [7, 11) is 0. The quantitative estimate of drug-likeness (QED) is 0.723. The highest BCUT2D eigenvalue weighted by molar-refractivity contribution is 7.09. The molecule has 0 aliphatic carbocycles. The first-order valence-electron chi connectivity index (χ1n) is 8.56. The van der Waals surface area contributed by atoms with Crippen molar-refractivity contribution in [3.8, 4) is 5.75 Å². The van der Waals surface area contributed by atoms with Crippen molar-refractivity contribution in [3.63, 3.8) is 0 Å². The van der Waals surface area contributed by atoms with Gasteiger partial charge in [-0.15, -0.1) is 11.3 Å². The fraction of sp³-hybridized carbons (Fsp3) is 0.444. The number of nitrogens with zero attached hydrogens (tertiary/aromatic N) is 3. The molecule has 1 aliphatic heterocycles. The van der Waals surface area contributed by atoms with Crippen LogP contribution < -0.4 is 4.74 Å². The van der Waals surface area contributed by atoms with Crippen molar-refractivity contribution in [2.75, 3.05) is 32.8 Å². The van der Waals surface area contributed by atoms with Gasteiger partial charge in [-0.1, -0.05) is 30.1 Å². The number of halogens is 2. The minimum atomic E-state index is -0.0161. The summed E-state index contributed by atoms with van der Waals surface area (Å²) in [6.45, 7) is 6.06. The predicted molar refractivity (Wildman–Crippen MR) is 105 cm³/mol. The van der Waals surface area contributed by atoms with Gasteiger partial charge in [0.15, 0.2) is 6.61 Å². The van der Waals surface area contributed by atoms with Crippen molar-refractivity contribution < 1.29 is 9.53 Å². The van der Waals surface area contributed by atoms with Crippen LogP contribution in [0.25, 0.3) is 0 Å². The molecule has 140 valence electrons. The first-order chi connectivity index (χ1) is 12.5. The Morgan fingerprint density at radius 2 is 2.00 bits per heavy atom. The number of hydrogen-bond donors (Lipinski definition) is 0. The Labute approximate surface area is 167 Å². The van der Waals surface area contributed by atoms with Gasteiger partial charge in [0.05, 0.1) is 20.7 Å². The SMILES string of the molecule is CCc1nc(CN2CCN(C(=O)COc3ccc(Cl)c(Cl)c3)CC2)cs1. The van der Waals surface area contributed by atoms with Gasteiger partial charge in [0.1, 0.15) is 5.75 Å². The summed E-state index contributed by atoms with van der Waals surface area (Å²) in [5, 5.41) is 4.18. The first-order valence-corrected chi connectivity index (χ1v) is 10.2. The summed E-state index contributed by atoms with van der Waals surface area (Å²) >= 11 is 13.5. The zero-order valence-electron chi connectivity index (χ0n) is 14.6. The van der Waals surface area contributed by atoms with Crippen LogP contribution in [0.3, 0.4) is 0 Å². The standard InChI is InChI=1S/C18H21Cl2N3O2S/c1-2-17-21-13(12-26-17)10-22-5-7-23(8-6-22)18(24)11-25-14-3-4-15(19)16(20)9-14/h3-4,9,12H,2,5-8,10-11H2,1H3. The molecule has 8 heteroatoms. The topological polar surface area (TPSA) is 45.7 Å². The average molecular weight is 414 g/mol. The molecule has 0 radical (unpaired) electrons. The molecule has 26 heavy (non-hydrogen) atoms. The molecule has 1 amide bonds. The molecule has 0 saturated carbocycles. The van der Waals surface area contributed by atoms with Gasteiger partial charge in [0.2, 0.25) is 0 Å². The van der Waals surface area contributed by atoms with Crippen molar-refractivity contribution in [1.29, 1.82) is 0 Å². The van der Waals surface area contributed by atoms with Gasteiger partial charge in [0, 0.05) is 44.2 Å². The van der Waals surface area contributed by atoms with Crippen molar-refractivity contribution in [2.45, 2.75) is 19.9 Å². The largest absolute Gasteiger partial charge is 0.484 e. The van der Waals surface area contributed by atoms with Gasteiger partial charge >= 0.3 is 0 Å². The molecular formula is C18H21Cl2N3O2S. The Kier molecular flexibility index (Phi) is 6.75. The average Bonchev–Trinajstić information content (AvgIpc) is 3.10. The fourth-order valence-corrected chi connectivity index (χ4v) is 3.80. The lowest BCUT2D eigenvalue weighted by atomic mass is 10.3. The van der Waals surface area contributed by atoms with Gasteiger partial charge in [-0.25, -0.2) is 4.98 Å². The van der Waals surface area contributed by atoms with Crippen LogP contribution in [0.15, 0.2) is 23.6 Å². The van der Waals surface area contributed by atoms with E-state index in [1.165, 1.54) is 5.01 Å². The fourth-order valence-electron chi connectivity index (χ4n) is 2.77. The van der Waals surface area contributed by atoms with E-state index in [9.17, 15) is 4.79 Å². The van der Waals surface area contributed by atoms with Crippen molar-refractivity contribution >= 4 is 40.4 Å². The molecule has 2 heterocycles. The van der Waals surface area contributed by atoms with Crippen molar-refractivity contribution in [3.05, 3.63) is 44.3 Å². The van der Waals surface area contributed by atoms with Crippen LogP contribution in [-0.2, 0) is 17.8 Å². The Morgan fingerprint density at radius 3 is 2.65 bits per heavy atom. The van der Waals surface area contributed by atoms with Crippen LogP contribution in [0, 0.1) is 0 Å². The number of carbonyl (C=O) groups is 1. The number of piperazine rings is 1. The lowest BCUT2D eigenvalue weighted by molar-refractivity contribution is -0.135. The smallest absolute Gasteiger partial charge is 0.260 e. The monoisotopic (exact) mass is 413 g/mol. The Hall–Kier alpha value is -1.34. The van der Waals surface area contributed by atoms with Crippen LogP contribution in [0.5, 0.6) is 5.75 Å². The molecule has 0 spiro atoms. The highest BCUT2D eigenvalue weighted by atomic mass is 35.5. The zero-order chi connectivity index (χ0) is 18.5. The van der Waals surface area contributed by atoms with E-state index in [2.05, 4.69) is 22.2 Å². The lowest BCUT2D eigenvalue weighted by Crippen LogP contribution is -2.49. The van der Waals surface area contributed by atoms with Crippen LogP contribution in [0.4, 0.5) is 0 Å². The second-order valence-corrected chi connectivity index (χ2v) is 7.86. The molecular weight excluding hydrogens is 393 g/mol. The number of aromatic nitrogens is 1. The molecule has 0 N–H and O–H groups in total. The van der Waals surface area contributed by atoms with Crippen LogP contribution in [0.2, 0.25) is 10.0 Å². The van der Waals surface area contributed by atoms with Crippen molar-refractivity contribution in [2.24, 2.45) is 0 Å². The van der Waals surface area contributed by atoms with Gasteiger partial charge in [-0.05, 0) is 18.6 Å². The summed E-state index contributed by atoms with van der Waals surface area (Å²) in [5.74, 6) is 0.527. The highest BCUT2D eigenvalue weighted by Gasteiger charge is 2.22. The third kappa shape index (κ3) is 5.10. The van der Waals surface area contributed by atoms with Crippen LogP contribution in [-0.4, -0.2) is 53.5 Å². The molecule has 1 aliphatic rings. The molecule has 0 unspecified atom stereocenters. The third-order valence-corrected chi connectivity index (χ3v) is 6.05. The minimum Gasteiger partial charge on any atom is -0.484 e. The number of carbonyl (C=O) groups excluding carboxylic acids is 1. The number of thiazole rings is 1. The highest BCUT2D eigenvalue weighted by Crippen LogP contribution is 2.26. The summed E-state index contributed by atoms with van der Waals surface area (Å²) in [4.78, 5) is 21.1. The van der Waals surface area contributed by atoms with E-state index in [1.807, 2.05) is 4.90 Å². The molecule has 1 aromatic heterocycles. The molecule has 3 rings (SSSR count). The molecule has 0 bridgehead atoms. The number of ether oxygens (including phenoxy) is 1.